The Labute approximate surface area is 128 Å². The van der Waals surface area contributed by atoms with Gasteiger partial charge in [0.15, 0.2) is 5.82 Å². The van der Waals surface area contributed by atoms with E-state index in [9.17, 15) is 4.79 Å². The summed E-state index contributed by atoms with van der Waals surface area (Å²) in [6, 6.07) is 2.25. The zero-order valence-corrected chi connectivity index (χ0v) is 12.5. The highest BCUT2D eigenvalue weighted by Crippen LogP contribution is 2.48. The molecule has 1 amide bonds. The number of hydrogen-bond acceptors (Lipinski definition) is 5. The lowest BCUT2D eigenvalue weighted by Crippen LogP contribution is -2.55. The molecule has 0 aliphatic heterocycles. The van der Waals surface area contributed by atoms with Crippen LogP contribution in [0.3, 0.4) is 0 Å². The van der Waals surface area contributed by atoms with Crippen LogP contribution in [0, 0.1) is 5.92 Å². The summed E-state index contributed by atoms with van der Waals surface area (Å²) in [5, 5.41) is 14.4. The molecule has 0 bridgehead atoms. The van der Waals surface area contributed by atoms with Crippen molar-refractivity contribution < 1.29 is 9.21 Å². The van der Waals surface area contributed by atoms with Crippen LogP contribution < -0.4 is 0 Å². The number of rotatable bonds is 5. The van der Waals surface area contributed by atoms with Crippen molar-refractivity contribution in [2.75, 3.05) is 0 Å². The number of furan rings is 1. The highest BCUT2D eigenvalue weighted by Gasteiger charge is 2.55. The molecule has 0 atom stereocenters. The molecule has 2 aromatic heterocycles. The van der Waals surface area contributed by atoms with Crippen LogP contribution in [0.5, 0.6) is 0 Å². The van der Waals surface area contributed by atoms with E-state index in [2.05, 4.69) is 27.5 Å². The van der Waals surface area contributed by atoms with E-state index in [0.717, 1.165) is 31.2 Å². The number of nitrogens with zero attached hydrogens (tertiary/aromatic N) is 4. The maximum absolute atomic E-state index is 13.3. The third-order valence-electron chi connectivity index (χ3n) is 4.76. The normalized spacial score (nSPS) is 27.4. The highest BCUT2D eigenvalue weighted by atomic mass is 16.3. The lowest BCUT2D eigenvalue weighted by atomic mass is 9.61. The predicted octanol–water partition coefficient (Wildman–Crippen LogP) is 1.65. The molecule has 0 spiro atoms. The summed E-state index contributed by atoms with van der Waals surface area (Å²) in [7, 11) is 0. The van der Waals surface area contributed by atoms with Gasteiger partial charge in [-0.2, -0.15) is 5.21 Å². The van der Waals surface area contributed by atoms with Crippen LogP contribution >= 0.6 is 0 Å². The molecular formula is C15H19N5O2. The summed E-state index contributed by atoms with van der Waals surface area (Å²) >= 11 is 0. The molecule has 0 aromatic carbocycles. The lowest BCUT2D eigenvalue weighted by molar-refractivity contribution is -0.144. The predicted molar refractivity (Wildman–Crippen MR) is 76.5 cm³/mol. The third kappa shape index (κ3) is 2.12. The van der Waals surface area contributed by atoms with Crippen molar-refractivity contribution in [3.8, 4) is 0 Å². The van der Waals surface area contributed by atoms with Crippen molar-refractivity contribution in [2.45, 2.75) is 50.6 Å². The number of aromatic amines is 1. The monoisotopic (exact) mass is 301 g/mol. The molecule has 0 unspecified atom stereocenters. The zero-order chi connectivity index (χ0) is 15.2. The Kier molecular flexibility index (Phi) is 3.02. The van der Waals surface area contributed by atoms with Crippen LogP contribution in [0.15, 0.2) is 23.0 Å². The van der Waals surface area contributed by atoms with Gasteiger partial charge in [-0.1, -0.05) is 12.1 Å². The SMILES string of the molecule is CC1CC(C(=O)N(Cc2ccoc2)C2CC2)(c2nn[nH]n2)C1. The molecule has 2 fully saturated rings. The van der Waals surface area contributed by atoms with Crippen molar-refractivity contribution in [1.29, 1.82) is 0 Å². The second-order valence-corrected chi connectivity index (χ2v) is 6.63. The first-order valence-corrected chi connectivity index (χ1v) is 7.75. The van der Waals surface area contributed by atoms with Gasteiger partial charge in [0.25, 0.3) is 0 Å². The molecule has 116 valence electrons. The average Bonchev–Trinajstić information content (AvgIpc) is 2.97. The number of H-pyrrole nitrogens is 1. The van der Waals surface area contributed by atoms with E-state index in [1.54, 1.807) is 12.5 Å². The van der Waals surface area contributed by atoms with Gasteiger partial charge in [-0.25, -0.2) is 0 Å². The van der Waals surface area contributed by atoms with E-state index in [0.29, 0.717) is 24.3 Å². The van der Waals surface area contributed by atoms with Gasteiger partial charge in [-0.15, -0.1) is 10.2 Å². The van der Waals surface area contributed by atoms with Gasteiger partial charge >= 0.3 is 0 Å². The Morgan fingerprint density at radius 2 is 2.32 bits per heavy atom. The summed E-state index contributed by atoms with van der Waals surface area (Å²) in [6.07, 6.45) is 7.07. The minimum absolute atomic E-state index is 0.135. The Hall–Kier alpha value is -2.18. The van der Waals surface area contributed by atoms with Gasteiger partial charge in [0.05, 0.1) is 12.5 Å². The molecular weight excluding hydrogens is 282 g/mol. The Morgan fingerprint density at radius 3 is 2.86 bits per heavy atom. The van der Waals surface area contributed by atoms with Crippen molar-refractivity contribution >= 4 is 5.91 Å². The smallest absolute Gasteiger partial charge is 0.237 e. The van der Waals surface area contributed by atoms with E-state index in [1.807, 2.05) is 11.0 Å². The highest BCUT2D eigenvalue weighted by molar-refractivity contribution is 5.89. The van der Waals surface area contributed by atoms with Crippen molar-refractivity contribution in [1.82, 2.24) is 25.5 Å². The topological polar surface area (TPSA) is 87.9 Å². The number of aromatic nitrogens is 4. The number of tetrazole rings is 1. The molecule has 2 saturated carbocycles. The second kappa shape index (κ2) is 4.93. The van der Waals surface area contributed by atoms with E-state index < -0.39 is 5.41 Å². The van der Waals surface area contributed by atoms with Crippen LogP contribution in [0.4, 0.5) is 0 Å². The molecule has 7 heteroatoms. The first-order chi connectivity index (χ1) is 10.7. The lowest BCUT2D eigenvalue weighted by Gasteiger charge is -2.45. The van der Waals surface area contributed by atoms with Crippen LogP contribution in [0.1, 0.15) is 44.0 Å². The van der Waals surface area contributed by atoms with Crippen molar-refractivity contribution in [2.24, 2.45) is 5.92 Å². The Balaban J connectivity index is 1.62. The molecule has 2 heterocycles. The Morgan fingerprint density at radius 1 is 1.50 bits per heavy atom. The molecule has 2 aliphatic carbocycles. The largest absolute Gasteiger partial charge is 0.472 e. The van der Waals surface area contributed by atoms with Gasteiger partial charge in [-0.3, -0.25) is 4.79 Å². The molecule has 0 radical (unpaired) electrons. The van der Waals surface area contributed by atoms with E-state index >= 15 is 0 Å². The molecule has 1 N–H and O–H groups in total. The first kappa shape index (κ1) is 13.5. The van der Waals surface area contributed by atoms with Crippen molar-refractivity contribution in [3.63, 3.8) is 0 Å². The van der Waals surface area contributed by atoms with Crippen molar-refractivity contribution in [3.05, 3.63) is 30.0 Å². The second-order valence-electron chi connectivity index (χ2n) is 6.63. The number of carbonyl (C=O) groups excluding carboxylic acids is 1. The summed E-state index contributed by atoms with van der Waals surface area (Å²) in [6.45, 7) is 2.75. The maximum atomic E-state index is 13.3. The van der Waals surface area contributed by atoms with Gasteiger partial charge in [0, 0.05) is 18.2 Å². The van der Waals surface area contributed by atoms with Crippen LogP contribution in [-0.2, 0) is 16.8 Å². The number of nitrogens with one attached hydrogen (secondary N) is 1. The fourth-order valence-corrected chi connectivity index (χ4v) is 3.55. The molecule has 4 rings (SSSR count). The summed E-state index contributed by atoms with van der Waals surface area (Å²) in [4.78, 5) is 15.3. The first-order valence-electron chi connectivity index (χ1n) is 7.75. The quantitative estimate of drug-likeness (QED) is 0.907. The summed E-state index contributed by atoms with van der Waals surface area (Å²) in [5.41, 5.74) is 0.425. The summed E-state index contributed by atoms with van der Waals surface area (Å²) < 4.78 is 5.13. The fraction of sp³-hybridized carbons (Fsp3) is 0.600. The van der Waals surface area contributed by atoms with Crippen LogP contribution in [0.2, 0.25) is 0 Å². The molecule has 7 nitrogen and oxygen atoms in total. The van der Waals surface area contributed by atoms with Gasteiger partial charge in [0.1, 0.15) is 5.41 Å². The average molecular weight is 301 g/mol. The molecule has 0 saturated heterocycles. The minimum Gasteiger partial charge on any atom is -0.472 e. The molecule has 22 heavy (non-hydrogen) atoms. The fourth-order valence-electron chi connectivity index (χ4n) is 3.55. The van der Waals surface area contributed by atoms with Crippen LogP contribution in [-0.4, -0.2) is 37.5 Å². The van der Waals surface area contributed by atoms with Crippen LogP contribution in [0.25, 0.3) is 0 Å². The third-order valence-corrected chi connectivity index (χ3v) is 4.76. The van der Waals surface area contributed by atoms with E-state index in [1.165, 1.54) is 0 Å². The number of hydrogen-bond donors (Lipinski definition) is 1. The summed E-state index contributed by atoms with van der Waals surface area (Å²) in [5.74, 6) is 1.18. The van der Waals surface area contributed by atoms with Gasteiger partial charge in [-0.05, 0) is 37.7 Å². The minimum atomic E-state index is -0.598. The standard InChI is InChI=1S/C15H19N5O2/c1-10-6-15(7-10,13-16-18-19-17-13)14(21)20(12-2-3-12)8-11-4-5-22-9-11/h4-5,9-10,12H,2-3,6-8H2,1H3,(H,16,17,18,19). The molecule has 2 aromatic rings. The number of amides is 1. The van der Waals surface area contributed by atoms with Gasteiger partial charge < -0.3 is 9.32 Å². The molecule has 2 aliphatic rings. The maximum Gasteiger partial charge on any atom is 0.237 e. The Bertz CT molecular complexity index is 642. The zero-order valence-electron chi connectivity index (χ0n) is 12.5. The van der Waals surface area contributed by atoms with E-state index in [4.69, 9.17) is 4.42 Å². The number of carbonyl (C=O) groups is 1. The van der Waals surface area contributed by atoms with Gasteiger partial charge in [0.2, 0.25) is 5.91 Å². The van der Waals surface area contributed by atoms with E-state index in [-0.39, 0.29) is 5.91 Å².